The van der Waals surface area contributed by atoms with Gasteiger partial charge in [0.25, 0.3) is 5.91 Å². The molecule has 1 aromatic heterocycles. The second kappa shape index (κ2) is 8.61. The van der Waals surface area contributed by atoms with E-state index in [0.29, 0.717) is 6.61 Å². The summed E-state index contributed by atoms with van der Waals surface area (Å²) >= 11 is 1.65. The molecule has 3 aromatic rings. The summed E-state index contributed by atoms with van der Waals surface area (Å²) in [5, 5.41) is 3.01. The van der Waals surface area contributed by atoms with Crippen LogP contribution < -0.4 is 10.1 Å². The van der Waals surface area contributed by atoms with Gasteiger partial charge < -0.3 is 10.1 Å². The van der Waals surface area contributed by atoms with Crippen molar-refractivity contribution in [2.45, 2.75) is 39.2 Å². The number of amides is 1. The monoisotopic (exact) mass is 391 g/mol. The van der Waals surface area contributed by atoms with E-state index in [-0.39, 0.29) is 5.91 Å². The summed E-state index contributed by atoms with van der Waals surface area (Å²) < 4.78 is 5.80. The molecule has 1 heterocycles. The Morgan fingerprint density at radius 3 is 2.68 bits per heavy atom. The Balaban J connectivity index is 1.35. The number of rotatable bonds is 6. The standard InChI is InChI=1S/C24H25NO2S/c1-2-17-8-13-22-19(14-17)15-23(28-22)24(26)25-20-9-11-21(12-10-20)27-16-18-6-4-3-5-7-18/h3-7,9-12,15,17H,2,8,13-14,16H2,1H3,(H,25,26)/t17-/m1/s1. The van der Waals surface area contributed by atoms with Gasteiger partial charge in [-0.05, 0) is 66.6 Å². The van der Waals surface area contributed by atoms with E-state index in [4.69, 9.17) is 4.74 Å². The van der Waals surface area contributed by atoms with Crippen LogP contribution in [-0.2, 0) is 19.4 Å². The van der Waals surface area contributed by atoms with Gasteiger partial charge in [-0.2, -0.15) is 0 Å². The number of anilines is 1. The molecule has 0 saturated carbocycles. The molecule has 0 spiro atoms. The molecule has 1 aliphatic carbocycles. The molecule has 1 aliphatic rings. The number of carbonyl (C=O) groups excluding carboxylic acids is 1. The molecule has 1 atom stereocenters. The average molecular weight is 392 g/mol. The molecule has 1 amide bonds. The van der Waals surface area contributed by atoms with Crippen LogP contribution in [-0.4, -0.2) is 5.91 Å². The predicted molar refractivity (Wildman–Crippen MR) is 115 cm³/mol. The Morgan fingerprint density at radius 2 is 1.93 bits per heavy atom. The molecule has 28 heavy (non-hydrogen) atoms. The van der Waals surface area contributed by atoms with E-state index in [9.17, 15) is 4.79 Å². The van der Waals surface area contributed by atoms with E-state index in [1.165, 1.54) is 23.3 Å². The van der Waals surface area contributed by atoms with Crippen molar-refractivity contribution in [2.24, 2.45) is 5.92 Å². The van der Waals surface area contributed by atoms with E-state index in [2.05, 4.69) is 18.3 Å². The highest BCUT2D eigenvalue weighted by Gasteiger charge is 2.22. The fraction of sp³-hybridized carbons (Fsp3) is 0.292. The average Bonchev–Trinajstić information content (AvgIpc) is 3.17. The van der Waals surface area contributed by atoms with Gasteiger partial charge in [0.1, 0.15) is 12.4 Å². The molecule has 0 radical (unpaired) electrons. The van der Waals surface area contributed by atoms with E-state index < -0.39 is 0 Å². The van der Waals surface area contributed by atoms with Crippen LogP contribution >= 0.6 is 11.3 Å². The summed E-state index contributed by atoms with van der Waals surface area (Å²) in [5.41, 5.74) is 3.29. The molecule has 3 nitrogen and oxygen atoms in total. The summed E-state index contributed by atoms with van der Waals surface area (Å²) in [6, 6.07) is 19.7. The second-order valence-corrected chi connectivity index (χ2v) is 8.47. The fourth-order valence-corrected chi connectivity index (χ4v) is 4.73. The topological polar surface area (TPSA) is 38.3 Å². The number of nitrogens with one attached hydrogen (secondary N) is 1. The van der Waals surface area contributed by atoms with Crippen LogP contribution in [0.1, 0.15) is 45.4 Å². The molecule has 2 aromatic carbocycles. The molecule has 4 heteroatoms. The first-order chi connectivity index (χ1) is 13.7. The van der Waals surface area contributed by atoms with Gasteiger partial charge in [-0.15, -0.1) is 11.3 Å². The van der Waals surface area contributed by atoms with Gasteiger partial charge in [-0.1, -0.05) is 43.7 Å². The molecule has 0 bridgehead atoms. The highest BCUT2D eigenvalue weighted by Crippen LogP contribution is 2.33. The highest BCUT2D eigenvalue weighted by molar-refractivity contribution is 7.14. The quantitative estimate of drug-likeness (QED) is 0.552. The Labute approximate surface area is 170 Å². The first-order valence-corrected chi connectivity index (χ1v) is 10.7. The number of benzene rings is 2. The summed E-state index contributed by atoms with van der Waals surface area (Å²) in [4.78, 5) is 14.8. The van der Waals surface area contributed by atoms with Crippen molar-refractivity contribution in [2.75, 3.05) is 5.32 Å². The Kier molecular flexibility index (Phi) is 5.77. The van der Waals surface area contributed by atoms with Crippen molar-refractivity contribution in [1.82, 2.24) is 0 Å². The van der Waals surface area contributed by atoms with Gasteiger partial charge in [0.15, 0.2) is 0 Å². The van der Waals surface area contributed by atoms with Crippen molar-refractivity contribution >= 4 is 22.9 Å². The molecule has 1 N–H and O–H groups in total. The fourth-order valence-electron chi connectivity index (χ4n) is 3.63. The summed E-state index contributed by atoms with van der Waals surface area (Å²) in [6.07, 6.45) is 4.69. The van der Waals surface area contributed by atoms with Crippen molar-refractivity contribution in [1.29, 1.82) is 0 Å². The van der Waals surface area contributed by atoms with E-state index in [1.807, 2.05) is 54.6 Å². The Hall–Kier alpha value is -2.59. The number of aryl methyl sites for hydroxylation is 1. The number of ether oxygens (including phenoxy) is 1. The van der Waals surface area contributed by atoms with Gasteiger partial charge in [-0.3, -0.25) is 4.79 Å². The van der Waals surface area contributed by atoms with Crippen molar-refractivity contribution < 1.29 is 9.53 Å². The minimum atomic E-state index is -0.0228. The van der Waals surface area contributed by atoms with Gasteiger partial charge in [0.05, 0.1) is 4.88 Å². The van der Waals surface area contributed by atoms with Crippen LogP contribution in [0.25, 0.3) is 0 Å². The van der Waals surface area contributed by atoms with Crippen LogP contribution in [0.4, 0.5) is 5.69 Å². The molecular formula is C24H25NO2S. The number of hydrogen-bond acceptors (Lipinski definition) is 3. The van der Waals surface area contributed by atoms with Gasteiger partial charge in [0, 0.05) is 10.6 Å². The van der Waals surface area contributed by atoms with E-state index in [0.717, 1.165) is 40.6 Å². The molecular weight excluding hydrogens is 366 g/mol. The maximum atomic E-state index is 12.6. The minimum absolute atomic E-state index is 0.0228. The predicted octanol–water partition coefficient (Wildman–Crippen LogP) is 6.09. The van der Waals surface area contributed by atoms with Crippen LogP contribution in [0.2, 0.25) is 0 Å². The first kappa shape index (κ1) is 18.8. The minimum Gasteiger partial charge on any atom is -0.489 e. The molecule has 144 valence electrons. The van der Waals surface area contributed by atoms with Gasteiger partial charge in [-0.25, -0.2) is 0 Å². The van der Waals surface area contributed by atoms with Gasteiger partial charge >= 0.3 is 0 Å². The lowest BCUT2D eigenvalue weighted by atomic mass is 9.87. The lowest BCUT2D eigenvalue weighted by Gasteiger charge is -2.19. The normalized spacial score (nSPS) is 15.7. The summed E-state index contributed by atoms with van der Waals surface area (Å²) in [6.45, 7) is 2.79. The zero-order valence-corrected chi connectivity index (χ0v) is 16.9. The number of hydrogen-bond donors (Lipinski definition) is 1. The van der Waals surface area contributed by atoms with Crippen LogP contribution in [0.15, 0.2) is 60.7 Å². The lowest BCUT2D eigenvalue weighted by molar-refractivity contribution is 0.103. The Morgan fingerprint density at radius 1 is 1.14 bits per heavy atom. The third-order valence-electron chi connectivity index (χ3n) is 5.35. The van der Waals surface area contributed by atoms with E-state index >= 15 is 0 Å². The van der Waals surface area contributed by atoms with E-state index in [1.54, 1.807) is 11.3 Å². The molecule has 0 fully saturated rings. The largest absolute Gasteiger partial charge is 0.489 e. The van der Waals surface area contributed by atoms with Crippen LogP contribution in [0.5, 0.6) is 5.75 Å². The SMILES string of the molecule is CC[C@@H]1CCc2sc(C(=O)Nc3ccc(OCc4ccccc4)cc3)cc2C1. The maximum Gasteiger partial charge on any atom is 0.265 e. The van der Waals surface area contributed by atoms with Gasteiger partial charge in [0.2, 0.25) is 0 Å². The zero-order valence-electron chi connectivity index (χ0n) is 16.1. The second-order valence-electron chi connectivity index (χ2n) is 7.33. The number of carbonyl (C=O) groups is 1. The molecule has 4 rings (SSSR count). The third kappa shape index (κ3) is 4.45. The zero-order chi connectivity index (χ0) is 19.3. The number of fused-ring (bicyclic) bond motifs is 1. The number of thiophene rings is 1. The Bertz CT molecular complexity index is 931. The molecule has 0 aliphatic heterocycles. The summed E-state index contributed by atoms with van der Waals surface area (Å²) in [5.74, 6) is 1.53. The lowest BCUT2D eigenvalue weighted by Crippen LogP contribution is -2.11. The van der Waals surface area contributed by atoms with Crippen LogP contribution in [0.3, 0.4) is 0 Å². The van der Waals surface area contributed by atoms with Crippen LogP contribution in [0, 0.1) is 5.92 Å². The van der Waals surface area contributed by atoms with Crippen molar-refractivity contribution in [3.8, 4) is 5.75 Å². The first-order valence-electron chi connectivity index (χ1n) is 9.91. The highest BCUT2D eigenvalue weighted by atomic mass is 32.1. The third-order valence-corrected chi connectivity index (χ3v) is 6.58. The molecule has 0 saturated heterocycles. The molecule has 0 unspecified atom stereocenters. The smallest absolute Gasteiger partial charge is 0.265 e. The summed E-state index contributed by atoms with van der Waals surface area (Å²) in [7, 11) is 0. The maximum absolute atomic E-state index is 12.6. The van der Waals surface area contributed by atoms with Crippen molar-refractivity contribution in [3.63, 3.8) is 0 Å². The van der Waals surface area contributed by atoms with Crippen molar-refractivity contribution in [3.05, 3.63) is 81.5 Å².